The van der Waals surface area contributed by atoms with Crippen molar-refractivity contribution in [1.82, 2.24) is 5.32 Å². The number of aryl methyl sites for hydroxylation is 1. The summed E-state index contributed by atoms with van der Waals surface area (Å²) in [7, 11) is 2.94. The zero-order chi connectivity index (χ0) is 21.8. The van der Waals surface area contributed by atoms with Gasteiger partial charge in [0.15, 0.2) is 11.6 Å². The highest BCUT2D eigenvalue weighted by atomic mass is 19.1. The Hall–Kier alpha value is -3.35. The van der Waals surface area contributed by atoms with Crippen molar-refractivity contribution in [2.75, 3.05) is 14.2 Å². The van der Waals surface area contributed by atoms with E-state index in [0.29, 0.717) is 22.5 Å². The van der Waals surface area contributed by atoms with Gasteiger partial charge in [0.05, 0.1) is 20.3 Å². The monoisotopic (exact) mass is 413 g/mol. The van der Waals surface area contributed by atoms with Crippen molar-refractivity contribution in [3.05, 3.63) is 69.3 Å². The second-order valence-electron chi connectivity index (χ2n) is 7.04. The Morgan fingerprint density at radius 2 is 1.93 bits per heavy atom. The zero-order valence-corrected chi connectivity index (χ0v) is 17.4. The van der Waals surface area contributed by atoms with Gasteiger partial charge in [-0.05, 0) is 55.7 Å². The molecule has 0 radical (unpaired) electrons. The summed E-state index contributed by atoms with van der Waals surface area (Å²) < 4.78 is 29.4. The molecule has 158 valence electrons. The smallest absolute Gasteiger partial charge is 0.339 e. The van der Waals surface area contributed by atoms with Crippen molar-refractivity contribution >= 4 is 16.9 Å². The van der Waals surface area contributed by atoms with Gasteiger partial charge in [0.1, 0.15) is 11.3 Å². The maximum Gasteiger partial charge on any atom is 0.339 e. The number of ether oxygens (including phenoxy) is 2. The Morgan fingerprint density at radius 3 is 2.60 bits per heavy atom. The molecule has 1 heterocycles. The number of methoxy groups -OCH3 is 2. The van der Waals surface area contributed by atoms with Crippen molar-refractivity contribution < 1.29 is 23.1 Å². The maximum atomic E-state index is 13.9. The van der Waals surface area contributed by atoms with Gasteiger partial charge >= 0.3 is 5.63 Å². The summed E-state index contributed by atoms with van der Waals surface area (Å²) in [6.07, 6.45) is 0.349. The quantitative estimate of drug-likeness (QED) is 0.591. The van der Waals surface area contributed by atoms with Crippen LogP contribution in [0.25, 0.3) is 11.0 Å². The standard InChI is InChI=1S/C23H24FNO5/c1-13-17-7-6-16(28-3)12-21(17)30-23(27)18(13)8-10-22(26)25-14(2)15-5-9-20(29-4)19(24)11-15/h5-7,9,11-12,14H,8,10H2,1-4H3,(H,25,26)/t14-/m1/s1. The zero-order valence-electron chi connectivity index (χ0n) is 17.4. The Kier molecular flexibility index (Phi) is 6.40. The Morgan fingerprint density at radius 1 is 1.17 bits per heavy atom. The molecule has 1 N–H and O–H groups in total. The Labute approximate surface area is 173 Å². The molecule has 0 bridgehead atoms. The molecule has 0 aliphatic heterocycles. The van der Waals surface area contributed by atoms with Crippen LogP contribution in [-0.4, -0.2) is 20.1 Å². The minimum absolute atomic E-state index is 0.107. The lowest BCUT2D eigenvalue weighted by atomic mass is 10.0. The molecule has 3 aromatic rings. The lowest BCUT2D eigenvalue weighted by Crippen LogP contribution is -2.27. The van der Waals surface area contributed by atoms with Crippen molar-refractivity contribution in [2.24, 2.45) is 0 Å². The van der Waals surface area contributed by atoms with Crippen molar-refractivity contribution in [2.45, 2.75) is 32.7 Å². The first-order chi connectivity index (χ1) is 14.3. The van der Waals surface area contributed by atoms with E-state index in [2.05, 4.69) is 5.32 Å². The molecule has 1 atom stereocenters. The minimum Gasteiger partial charge on any atom is -0.497 e. The maximum absolute atomic E-state index is 13.9. The minimum atomic E-state index is -0.489. The van der Waals surface area contributed by atoms with E-state index < -0.39 is 11.4 Å². The summed E-state index contributed by atoms with van der Waals surface area (Å²) in [5, 5.41) is 3.63. The van der Waals surface area contributed by atoms with Gasteiger partial charge in [-0.15, -0.1) is 0 Å². The lowest BCUT2D eigenvalue weighted by molar-refractivity contribution is -0.121. The molecule has 7 heteroatoms. The fourth-order valence-electron chi connectivity index (χ4n) is 3.38. The van der Waals surface area contributed by atoms with Crippen LogP contribution in [0.2, 0.25) is 0 Å². The summed E-state index contributed by atoms with van der Waals surface area (Å²) in [6.45, 7) is 3.60. The molecular formula is C23H24FNO5. The number of amides is 1. The van der Waals surface area contributed by atoms with Crippen LogP contribution in [0.1, 0.15) is 36.1 Å². The van der Waals surface area contributed by atoms with Crippen LogP contribution in [0.4, 0.5) is 4.39 Å². The van der Waals surface area contributed by atoms with Crippen LogP contribution in [-0.2, 0) is 11.2 Å². The largest absolute Gasteiger partial charge is 0.497 e. The number of carbonyl (C=O) groups is 1. The highest BCUT2D eigenvalue weighted by Gasteiger charge is 2.16. The average molecular weight is 413 g/mol. The van der Waals surface area contributed by atoms with Crippen LogP contribution in [0.3, 0.4) is 0 Å². The third-order valence-electron chi connectivity index (χ3n) is 5.15. The first kappa shape index (κ1) is 21.4. The number of nitrogens with one attached hydrogen (secondary N) is 1. The van der Waals surface area contributed by atoms with Crippen LogP contribution in [0.15, 0.2) is 45.6 Å². The van der Waals surface area contributed by atoms with Gasteiger partial charge in [0.2, 0.25) is 5.91 Å². The topological polar surface area (TPSA) is 77.8 Å². The number of fused-ring (bicyclic) bond motifs is 1. The number of carbonyl (C=O) groups excluding carboxylic acids is 1. The van der Waals surface area contributed by atoms with Gasteiger partial charge < -0.3 is 19.2 Å². The molecule has 0 spiro atoms. The molecule has 3 rings (SSSR count). The van der Waals surface area contributed by atoms with E-state index in [1.807, 2.05) is 13.0 Å². The first-order valence-corrected chi connectivity index (χ1v) is 9.57. The Bertz CT molecular complexity index is 1140. The number of rotatable bonds is 7. The van der Waals surface area contributed by atoms with Crippen LogP contribution in [0, 0.1) is 12.7 Å². The van der Waals surface area contributed by atoms with E-state index in [1.54, 1.807) is 32.2 Å². The third-order valence-corrected chi connectivity index (χ3v) is 5.15. The summed E-state index contributed by atoms with van der Waals surface area (Å²) in [6, 6.07) is 9.45. The van der Waals surface area contributed by atoms with Crippen LogP contribution < -0.4 is 20.4 Å². The van der Waals surface area contributed by atoms with E-state index >= 15 is 0 Å². The molecule has 1 aromatic heterocycles. The summed E-state index contributed by atoms with van der Waals surface area (Å²) in [4.78, 5) is 24.8. The number of halogens is 1. The van der Waals surface area contributed by atoms with E-state index in [-0.39, 0.29) is 30.5 Å². The summed E-state index contributed by atoms with van der Waals surface area (Å²) in [5.74, 6) is 0.0130. The molecule has 0 aliphatic carbocycles. The molecule has 0 aliphatic rings. The van der Waals surface area contributed by atoms with E-state index in [4.69, 9.17) is 13.9 Å². The number of benzene rings is 2. The average Bonchev–Trinajstić information content (AvgIpc) is 2.72. The van der Waals surface area contributed by atoms with Gasteiger partial charge in [-0.2, -0.15) is 0 Å². The number of hydrogen-bond acceptors (Lipinski definition) is 5. The predicted molar refractivity (Wildman–Crippen MR) is 112 cm³/mol. The van der Waals surface area contributed by atoms with E-state index in [1.165, 1.54) is 19.2 Å². The van der Waals surface area contributed by atoms with Gasteiger partial charge in [-0.25, -0.2) is 9.18 Å². The molecule has 0 saturated heterocycles. The molecule has 1 amide bonds. The van der Waals surface area contributed by atoms with Gasteiger partial charge in [0.25, 0.3) is 0 Å². The van der Waals surface area contributed by atoms with E-state index in [0.717, 1.165) is 10.9 Å². The SMILES string of the molecule is COc1ccc2c(C)c(CCC(=O)N[C@H](C)c3ccc(OC)c(F)c3)c(=O)oc2c1. The molecule has 6 nitrogen and oxygen atoms in total. The number of hydrogen-bond donors (Lipinski definition) is 1. The van der Waals surface area contributed by atoms with Crippen LogP contribution >= 0.6 is 0 Å². The first-order valence-electron chi connectivity index (χ1n) is 9.57. The summed E-state index contributed by atoms with van der Waals surface area (Å²) >= 11 is 0. The van der Waals surface area contributed by atoms with Crippen LogP contribution in [0.5, 0.6) is 11.5 Å². The fourth-order valence-corrected chi connectivity index (χ4v) is 3.38. The summed E-state index contributed by atoms with van der Waals surface area (Å²) in [5.41, 5.74) is 1.84. The van der Waals surface area contributed by atoms with Crippen molar-refractivity contribution in [3.63, 3.8) is 0 Å². The Balaban J connectivity index is 1.70. The van der Waals surface area contributed by atoms with E-state index in [9.17, 15) is 14.0 Å². The lowest BCUT2D eigenvalue weighted by Gasteiger charge is -2.15. The highest BCUT2D eigenvalue weighted by Crippen LogP contribution is 2.25. The van der Waals surface area contributed by atoms with Crippen molar-refractivity contribution in [3.8, 4) is 11.5 Å². The van der Waals surface area contributed by atoms with Gasteiger partial charge in [-0.1, -0.05) is 6.07 Å². The second-order valence-corrected chi connectivity index (χ2v) is 7.04. The van der Waals surface area contributed by atoms with Gasteiger partial charge in [-0.3, -0.25) is 4.79 Å². The van der Waals surface area contributed by atoms with Gasteiger partial charge in [0, 0.05) is 23.4 Å². The normalized spacial score (nSPS) is 11.9. The predicted octanol–water partition coefficient (Wildman–Crippen LogP) is 4.07. The fraction of sp³-hybridized carbons (Fsp3) is 0.304. The third kappa shape index (κ3) is 4.45. The molecular weight excluding hydrogens is 389 g/mol. The second kappa shape index (κ2) is 8.98. The van der Waals surface area contributed by atoms with Crippen molar-refractivity contribution in [1.29, 1.82) is 0 Å². The highest BCUT2D eigenvalue weighted by molar-refractivity contribution is 5.82. The molecule has 0 unspecified atom stereocenters. The molecule has 2 aromatic carbocycles. The molecule has 0 saturated carbocycles. The molecule has 0 fully saturated rings. The molecule has 30 heavy (non-hydrogen) atoms.